The molecule has 1 aliphatic carbocycles. The average molecular weight is 258 g/mol. The Balaban J connectivity index is 2.33. The van der Waals surface area contributed by atoms with Crippen molar-refractivity contribution in [3.8, 4) is 0 Å². The standard InChI is InChI=1S/C11H18N2O5/c1-18-9(14)6-5-8(10(15)16)13-11(17)12-7-3-2-4-7/h7-8H,2-6H2,1H3,(H,15,16)(H2,12,13,17)/t8-/m1/s1. The fraction of sp³-hybridized carbons (Fsp3) is 0.727. The number of carbonyl (C=O) groups is 3. The van der Waals surface area contributed by atoms with E-state index in [4.69, 9.17) is 5.11 Å². The zero-order valence-corrected chi connectivity index (χ0v) is 10.3. The third-order valence-corrected chi connectivity index (χ3v) is 2.91. The first-order chi connectivity index (χ1) is 8.52. The summed E-state index contributed by atoms with van der Waals surface area (Å²) in [6.45, 7) is 0. The number of carboxylic acid groups (broad SMARTS) is 1. The predicted molar refractivity (Wildman–Crippen MR) is 62.0 cm³/mol. The summed E-state index contributed by atoms with van der Waals surface area (Å²) in [5, 5.41) is 13.9. The Hall–Kier alpha value is -1.79. The number of carboxylic acids is 1. The van der Waals surface area contributed by atoms with Gasteiger partial charge in [0.1, 0.15) is 6.04 Å². The summed E-state index contributed by atoms with van der Waals surface area (Å²) < 4.78 is 4.42. The molecule has 1 saturated carbocycles. The van der Waals surface area contributed by atoms with Crippen LogP contribution in [-0.2, 0) is 14.3 Å². The molecule has 0 aliphatic heterocycles. The van der Waals surface area contributed by atoms with Gasteiger partial charge in [-0.1, -0.05) is 0 Å². The molecule has 1 aliphatic rings. The molecule has 7 heteroatoms. The molecule has 1 rings (SSSR count). The van der Waals surface area contributed by atoms with Gasteiger partial charge in [0, 0.05) is 12.5 Å². The highest BCUT2D eigenvalue weighted by Gasteiger charge is 2.24. The van der Waals surface area contributed by atoms with Crippen LogP contribution in [0.25, 0.3) is 0 Å². The molecule has 0 saturated heterocycles. The molecule has 0 unspecified atom stereocenters. The fourth-order valence-electron chi connectivity index (χ4n) is 1.56. The molecule has 0 spiro atoms. The summed E-state index contributed by atoms with van der Waals surface area (Å²) in [6.07, 6.45) is 2.90. The van der Waals surface area contributed by atoms with E-state index >= 15 is 0 Å². The number of hydrogen-bond donors (Lipinski definition) is 3. The van der Waals surface area contributed by atoms with Gasteiger partial charge in [0.2, 0.25) is 0 Å². The van der Waals surface area contributed by atoms with Gasteiger partial charge in [0.05, 0.1) is 7.11 Å². The second kappa shape index (κ2) is 6.83. The summed E-state index contributed by atoms with van der Waals surface area (Å²) in [7, 11) is 1.23. The van der Waals surface area contributed by atoms with Crippen LogP contribution in [0.5, 0.6) is 0 Å². The first-order valence-corrected chi connectivity index (χ1v) is 5.89. The normalized spacial score (nSPS) is 16.3. The van der Waals surface area contributed by atoms with E-state index in [9.17, 15) is 14.4 Å². The molecule has 18 heavy (non-hydrogen) atoms. The lowest BCUT2D eigenvalue weighted by atomic mass is 9.93. The highest BCUT2D eigenvalue weighted by molar-refractivity contribution is 5.83. The van der Waals surface area contributed by atoms with Crippen LogP contribution < -0.4 is 10.6 Å². The highest BCUT2D eigenvalue weighted by Crippen LogP contribution is 2.17. The number of aliphatic carboxylic acids is 1. The van der Waals surface area contributed by atoms with Gasteiger partial charge < -0.3 is 20.5 Å². The molecular formula is C11H18N2O5. The minimum Gasteiger partial charge on any atom is -0.480 e. The van der Waals surface area contributed by atoms with Crippen molar-refractivity contribution in [3.05, 3.63) is 0 Å². The predicted octanol–water partition coefficient (Wildman–Crippen LogP) is 0.245. The molecular weight excluding hydrogens is 240 g/mol. The molecule has 1 fully saturated rings. The van der Waals surface area contributed by atoms with Crippen molar-refractivity contribution >= 4 is 18.0 Å². The smallest absolute Gasteiger partial charge is 0.326 e. The van der Waals surface area contributed by atoms with Crippen LogP contribution in [0.15, 0.2) is 0 Å². The van der Waals surface area contributed by atoms with Crippen LogP contribution >= 0.6 is 0 Å². The fourth-order valence-corrected chi connectivity index (χ4v) is 1.56. The number of ether oxygens (including phenoxy) is 1. The second-order valence-electron chi connectivity index (χ2n) is 4.25. The largest absolute Gasteiger partial charge is 0.480 e. The van der Waals surface area contributed by atoms with Gasteiger partial charge in [-0.15, -0.1) is 0 Å². The third kappa shape index (κ3) is 4.60. The zero-order chi connectivity index (χ0) is 13.5. The molecule has 0 aromatic carbocycles. The van der Waals surface area contributed by atoms with Gasteiger partial charge in [-0.3, -0.25) is 4.79 Å². The molecule has 0 aromatic heterocycles. The van der Waals surface area contributed by atoms with E-state index in [0.717, 1.165) is 19.3 Å². The van der Waals surface area contributed by atoms with Crippen LogP contribution in [0.4, 0.5) is 4.79 Å². The Morgan fingerprint density at radius 3 is 2.50 bits per heavy atom. The number of hydrogen-bond acceptors (Lipinski definition) is 4. The first-order valence-electron chi connectivity index (χ1n) is 5.89. The molecule has 0 heterocycles. The van der Waals surface area contributed by atoms with Crippen molar-refractivity contribution in [1.29, 1.82) is 0 Å². The van der Waals surface area contributed by atoms with Crippen molar-refractivity contribution < 1.29 is 24.2 Å². The van der Waals surface area contributed by atoms with Crippen LogP contribution in [-0.4, -0.2) is 42.3 Å². The quantitative estimate of drug-likeness (QED) is 0.592. The van der Waals surface area contributed by atoms with Gasteiger partial charge in [-0.25, -0.2) is 9.59 Å². The Labute approximate surface area is 105 Å². The van der Waals surface area contributed by atoms with E-state index in [1.54, 1.807) is 0 Å². The lowest BCUT2D eigenvalue weighted by molar-refractivity contribution is -0.142. The Morgan fingerprint density at radius 1 is 1.39 bits per heavy atom. The SMILES string of the molecule is COC(=O)CC[C@@H](NC(=O)NC1CCC1)C(=O)O. The van der Waals surface area contributed by atoms with Crippen LogP contribution in [0.1, 0.15) is 32.1 Å². The summed E-state index contributed by atoms with van der Waals surface area (Å²) in [4.78, 5) is 33.3. The maximum atomic E-state index is 11.5. The topological polar surface area (TPSA) is 105 Å². The zero-order valence-electron chi connectivity index (χ0n) is 10.3. The lowest BCUT2D eigenvalue weighted by Gasteiger charge is -2.27. The second-order valence-corrected chi connectivity index (χ2v) is 4.25. The van der Waals surface area contributed by atoms with Crippen molar-refractivity contribution in [1.82, 2.24) is 10.6 Å². The van der Waals surface area contributed by atoms with E-state index in [0.29, 0.717) is 0 Å². The van der Waals surface area contributed by atoms with Crippen molar-refractivity contribution in [2.45, 2.75) is 44.2 Å². The molecule has 0 radical (unpaired) electrons. The maximum Gasteiger partial charge on any atom is 0.326 e. The Bertz CT molecular complexity index is 327. The van der Waals surface area contributed by atoms with E-state index in [-0.39, 0.29) is 18.9 Å². The van der Waals surface area contributed by atoms with Crippen molar-refractivity contribution in [2.24, 2.45) is 0 Å². The van der Waals surface area contributed by atoms with Crippen molar-refractivity contribution in [3.63, 3.8) is 0 Å². The van der Waals surface area contributed by atoms with Crippen LogP contribution in [0.3, 0.4) is 0 Å². The lowest BCUT2D eigenvalue weighted by Crippen LogP contribution is -2.50. The minimum absolute atomic E-state index is 0.0140. The molecule has 2 amide bonds. The monoisotopic (exact) mass is 258 g/mol. The number of methoxy groups -OCH3 is 1. The van der Waals surface area contributed by atoms with Gasteiger partial charge in [0.15, 0.2) is 0 Å². The van der Waals surface area contributed by atoms with E-state index < -0.39 is 24.0 Å². The molecule has 7 nitrogen and oxygen atoms in total. The highest BCUT2D eigenvalue weighted by atomic mass is 16.5. The molecule has 3 N–H and O–H groups in total. The summed E-state index contributed by atoms with van der Waals surface area (Å²) in [5.41, 5.74) is 0. The number of urea groups is 1. The molecule has 0 aromatic rings. The maximum absolute atomic E-state index is 11.5. The van der Waals surface area contributed by atoms with Gasteiger partial charge in [-0.05, 0) is 25.7 Å². The van der Waals surface area contributed by atoms with Gasteiger partial charge in [0.25, 0.3) is 0 Å². The van der Waals surface area contributed by atoms with Crippen molar-refractivity contribution in [2.75, 3.05) is 7.11 Å². The number of carbonyl (C=O) groups excluding carboxylic acids is 2. The van der Waals surface area contributed by atoms with Crippen LogP contribution in [0.2, 0.25) is 0 Å². The van der Waals surface area contributed by atoms with Gasteiger partial charge in [-0.2, -0.15) is 0 Å². The summed E-state index contributed by atoms with van der Waals surface area (Å²) in [6, 6.07) is -1.44. The van der Waals surface area contributed by atoms with Crippen LogP contribution in [0, 0.1) is 0 Å². The number of amides is 2. The molecule has 102 valence electrons. The minimum atomic E-state index is -1.16. The number of esters is 1. The van der Waals surface area contributed by atoms with E-state index in [2.05, 4.69) is 15.4 Å². The Kier molecular flexibility index (Phi) is 5.41. The van der Waals surface area contributed by atoms with Gasteiger partial charge >= 0.3 is 18.0 Å². The summed E-state index contributed by atoms with van der Waals surface area (Å²) >= 11 is 0. The third-order valence-electron chi connectivity index (χ3n) is 2.91. The van der Waals surface area contributed by atoms with E-state index in [1.165, 1.54) is 7.11 Å². The molecule has 0 bridgehead atoms. The Morgan fingerprint density at radius 2 is 2.06 bits per heavy atom. The average Bonchev–Trinajstić information content (AvgIpc) is 2.28. The number of rotatable bonds is 6. The first kappa shape index (κ1) is 14.3. The summed E-state index contributed by atoms with van der Waals surface area (Å²) in [5.74, 6) is -1.66. The number of nitrogens with one attached hydrogen (secondary N) is 2. The van der Waals surface area contributed by atoms with E-state index in [1.807, 2.05) is 0 Å². The molecule has 1 atom stereocenters.